The van der Waals surface area contributed by atoms with Gasteiger partial charge in [-0.25, -0.2) is 4.98 Å². The van der Waals surface area contributed by atoms with E-state index < -0.39 is 0 Å². The zero-order chi connectivity index (χ0) is 52.0. The van der Waals surface area contributed by atoms with E-state index >= 15 is 0 Å². The second kappa shape index (κ2) is 21.5. The molecule has 78 heavy (non-hydrogen) atoms. The molecule has 0 aliphatic carbocycles. The lowest BCUT2D eigenvalue weighted by Crippen LogP contribution is -1.94. The van der Waals surface area contributed by atoms with E-state index in [2.05, 4.69) is 277 Å². The van der Waals surface area contributed by atoms with E-state index in [1.165, 1.54) is 11.1 Å². The van der Waals surface area contributed by atoms with Gasteiger partial charge in [-0.15, -0.1) is 0 Å². The molecule has 0 fully saturated rings. The first-order valence-corrected chi connectivity index (χ1v) is 26.5. The van der Waals surface area contributed by atoms with Gasteiger partial charge in [0.15, 0.2) is 0 Å². The third kappa shape index (κ3) is 9.76. The van der Waals surface area contributed by atoms with Crippen molar-refractivity contribution in [3.8, 4) is 134 Å². The van der Waals surface area contributed by atoms with Crippen molar-refractivity contribution in [3.05, 3.63) is 310 Å². The monoisotopic (exact) mass is 993 g/mol. The third-order valence-electron chi connectivity index (χ3n) is 14.7. The molecule has 0 amide bonds. The predicted molar refractivity (Wildman–Crippen MR) is 325 cm³/mol. The average molecular weight is 994 g/mol. The van der Waals surface area contributed by atoms with Crippen LogP contribution >= 0.6 is 0 Å². The van der Waals surface area contributed by atoms with Gasteiger partial charge in [-0.05, 0) is 150 Å². The number of aromatic nitrogens is 3. The Hall–Kier alpha value is -10.4. The third-order valence-corrected chi connectivity index (χ3v) is 14.7. The van der Waals surface area contributed by atoms with Gasteiger partial charge in [-0.3, -0.25) is 9.97 Å². The first-order valence-electron chi connectivity index (χ1n) is 26.5. The maximum absolute atomic E-state index is 5.23. The Morgan fingerprint density at radius 2 is 0.462 bits per heavy atom. The fourth-order valence-corrected chi connectivity index (χ4v) is 10.8. The van der Waals surface area contributed by atoms with Crippen LogP contribution in [0.3, 0.4) is 0 Å². The lowest BCUT2D eigenvalue weighted by Gasteiger charge is -2.19. The van der Waals surface area contributed by atoms with Gasteiger partial charge in [-0.2, -0.15) is 0 Å². The highest BCUT2D eigenvalue weighted by Crippen LogP contribution is 2.45. The summed E-state index contributed by atoms with van der Waals surface area (Å²) in [6.07, 6.45) is 3.69. The van der Waals surface area contributed by atoms with E-state index in [0.717, 1.165) is 123 Å². The summed E-state index contributed by atoms with van der Waals surface area (Å²) in [5.41, 5.74) is 26.3. The van der Waals surface area contributed by atoms with Crippen molar-refractivity contribution in [2.24, 2.45) is 0 Å². The molecule has 3 heterocycles. The lowest BCUT2D eigenvalue weighted by molar-refractivity contribution is 1.32. The maximum Gasteiger partial charge on any atom is 0.0709 e. The van der Waals surface area contributed by atoms with Gasteiger partial charge in [0, 0.05) is 34.6 Å². The fourth-order valence-electron chi connectivity index (χ4n) is 10.8. The van der Waals surface area contributed by atoms with Gasteiger partial charge in [0.1, 0.15) is 0 Å². The largest absolute Gasteiger partial charge is 0.256 e. The van der Waals surface area contributed by atoms with E-state index in [-0.39, 0.29) is 0 Å². The SMILES string of the molecule is c1ccc(-c2ccc(-c3cc(-c4cccc(-c5ccccc5)n4)ccc3-c3ccccc3-c3cc(-c4ccccc4-c4ccc(-c5ccccn5)cc4)cc(-c4ccccc4-c4ccc(-c5ccccn5)cc4)c3)cc2)cc1. The number of hydrogen-bond donors (Lipinski definition) is 0. The molecule has 13 aromatic rings. The molecule has 10 aromatic carbocycles. The van der Waals surface area contributed by atoms with Crippen LogP contribution in [0.2, 0.25) is 0 Å². The summed E-state index contributed by atoms with van der Waals surface area (Å²) in [6.45, 7) is 0. The van der Waals surface area contributed by atoms with Crippen molar-refractivity contribution < 1.29 is 0 Å². The summed E-state index contributed by atoms with van der Waals surface area (Å²) in [5, 5.41) is 0. The first kappa shape index (κ1) is 47.4. The van der Waals surface area contributed by atoms with Gasteiger partial charge >= 0.3 is 0 Å². The van der Waals surface area contributed by atoms with Crippen molar-refractivity contribution in [3.63, 3.8) is 0 Å². The highest BCUT2D eigenvalue weighted by Gasteiger charge is 2.19. The van der Waals surface area contributed by atoms with E-state index in [1.54, 1.807) is 0 Å². The Kier molecular flexibility index (Phi) is 13.0. The topological polar surface area (TPSA) is 38.7 Å². The highest BCUT2D eigenvalue weighted by atomic mass is 14.7. The van der Waals surface area contributed by atoms with E-state index in [4.69, 9.17) is 4.98 Å². The van der Waals surface area contributed by atoms with E-state index in [9.17, 15) is 0 Å². The van der Waals surface area contributed by atoms with Gasteiger partial charge in [0.2, 0.25) is 0 Å². The average Bonchev–Trinajstić information content (AvgIpc) is 3.57. The molecular weight excluding hydrogens is 943 g/mol. The Morgan fingerprint density at radius 1 is 0.154 bits per heavy atom. The molecule has 0 atom stereocenters. The van der Waals surface area contributed by atoms with E-state index in [0.29, 0.717) is 0 Å². The van der Waals surface area contributed by atoms with Crippen molar-refractivity contribution in [1.29, 1.82) is 0 Å². The normalized spacial score (nSPS) is 11.1. The standard InChI is InChI=1S/C75H51N3/c1-3-18-52(19-4-1)53-32-34-56(35-33-53)71-51-60(75-31-17-30-74(78-75)57-20-5-2-6-21-57)44-45-70(71)69-27-12-11-26-68(69)63-49-61(66-24-9-7-22-64(66)54-36-40-58(41-37-54)72-28-13-15-46-76-72)48-62(50-63)67-25-10-8-23-65(67)55-38-42-59(43-39-55)73-29-14-16-47-77-73/h1-51H. The minimum Gasteiger partial charge on any atom is -0.256 e. The van der Waals surface area contributed by atoms with Crippen LogP contribution in [-0.2, 0) is 0 Å². The van der Waals surface area contributed by atoms with Gasteiger partial charge in [0.25, 0.3) is 0 Å². The molecular formula is C75H51N3. The van der Waals surface area contributed by atoms with Gasteiger partial charge < -0.3 is 0 Å². The molecule has 0 aliphatic heterocycles. The van der Waals surface area contributed by atoms with Crippen LogP contribution in [0.15, 0.2) is 310 Å². The van der Waals surface area contributed by atoms with Crippen molar-refractivity contribution >= 4 is 0 Å². The van der Waals surface area contributed by atoms with Crippen LogP contribution < -0.4 is 0 Å². The Bertz CT molecular complexity index is 4050. The molecule has 3 nitrogen and oxygen atoms in total. The molecule has 3 aromatic heterocycles. The molecule has 0 unspecified atom stereocenters. The van der Waals surface area contributed by atoms with Gasteiger partial charge in [-0.1, -0.05) is 237 Å². The molecule has 13 rings (SSSR count). The Labute approximate surface area is 456 Å². The fraction of sp³-hybridized carbons (Fsp3) is 0. The molecule has 0 radical (unpaired) electrons. The molecule has 3 heteroatoms. The maximum atomic E-state index is 5.23. The summed E-state index contributed by atoms with van der Waals surface area (Å²) in [5.74, 6) is 0. The zero-order valence-corrected chi connectivity index (χ0v) is 42.8. The predicted octanol–water partition coefficient (Wildman–Crippen LogP) is 19.9. The highest BCUT2D eigenvalue weighted by molar-refractivity contribution is 5.97. The molecule has 0 saturated heterocycles. The molecule has 366 valence electrons. The van der Waals surface area contributed by atoms with Crippen LogP contribution in [0.4, 0.5) is 0 Å². The molecule has 0 spiro atoms. The van der Waals surface area contributed by atoms with E-state index in [1.807, 2.05) is 42.7 Å². The zero-order valence-electron chi connectivity index (χ0n) is 42.8. The summed E-state index contributed by atoms with van der Waals surface area (Å²) < 4.78 is 0. The Balaban J connectivity index is 0.983. The minimum absolute atomic E-state index is 0.922. The number of rotatable bonds is 12. The summed E-state index contributed by atoms with van der Waals surface area (Å²) in [4.78, 5) is 14.5. The quantitative estimate of drug-likeness (QED) is 0.122. The summed E-state index contributed by atoms with van der Waals surface area (Å²) in [6, 6.07) is 106. The van der Waals surface area contributed by atoms with Gasteiger partial charge in [0.05, 0.1) is 22.8 Å². The van der Waals surface area contributed by atoms with Crippen LogP contribution in [0, 0.1) is 0 Å². The smallest absolute Gasteiger partial charge is 0.0709 e. The van der Waals surface area contributed by atoms with Crippen LogP contribution in [0.1, 0.15) is 0 Å². The van der Waals surface area contributed by atoms with Crippen LogP contribution in [0.5, 0.6) is 0 Å². The molecule has 0 bridgehead atoms. The minimum atomic E-state index is 0.922. The van der Waals surface area contributed by atoms with Crippen molar-refractivity contribution in [2.45, 2.75) is 0 Å². The summed E-state index contributed by atoms with van der Waals surface area (Å²) in [7, 11) is 0. The second-order valence-electron chi connectivity index (χ2n) is 19.5. The first-order chi connectivity index (χ1) is 38.7. The lowest BCUT2D eigenvalue weighted by atomic mass is 9.84. The second-order valence-corrected chi connectivity index (χ2v) is 19.5. The van der Waals surface area contributed by atoms with Crippen molar-refractivity contribution in [1.82, 2.24) is 15.0 Å². The Morgan fingerprint density at radius 3 is 0.936 bits per heavy atom. The van der Waals surface area contributed by atoms with Crippen LogP contribution in [0.25, 0.3) is 134 Å². The number of pyridine rings is 3. The van der Waals surface area contributed by atoms with Crippen molar-refractivity contribution in [2.75, 3.05) is 0 Å². The molecule has 0 saturated carbocycles. The number of benzene rings is 10. The number of nitrogens with zero attached hydrogens (tertiary/aromatic N) is 3. The summed E-state index contributed by atoms with van der Waals surface area (Å²) >= 11 is 0. The number of hydrogen-bond acceptors (Lipinski definition) is 3. The van der Waals surface area contributed by atoms with Crippen LogP contribution in [-0.4, -0.2) is 15.0 Å². The molecule has 0 N–H and O–H groups in total. The molecule has 0 aliphatic rings.